The van der Waals surface area contributed by atoms with Gasteiger partial charge in [-0.15, -0.1) is 11.6 Å². The predicted molar refractivity (Wildman–Crippen MR) is 228 cm³/mol. The summed E-state index contributed by atoms with van der Waals surface area (Å²) in [6.07, 6.45) is 36.0. The molecule has 0 spiro atoms. The third kappa shape index (κ3) is 17.5. The molecule has 312 valence electrons. The number of halogens is 1. The van der Waals surface area contributed by atoms with Crippen molar-refractivity contribution in [1.29, 1.82) is 0 Å². The number of ether oxygens (including phenoxy) is 1. The molecule has 6 nitrogen and oxygen atoms in total. The highest BCUT2D eigenvalue weighted by Gasteiger charge is 2.42. The molecule has 1 aromatic rings. The average molecular weight is 786 g/mol. The molecule has 0 radical (unpaired) electrons. The minimum Gasteiger partial charge on any atom is -0.478 e. The highest BCUT2D eigenvalue weighted by atomic mass is 35.5. The zero-order valence-corrected chi connectivity index (χ0v) is 35.4. The van der Waals surface area contributed by atoms with Crippen LogP contribution in [0.25, 0.3) is 0 Å². The second-order valence-corrected chi connectivity index (χ2v) is 17.5. The minimum absolute atomic E-state index is 0.00799. The van der Waals surface area contributed by atoms with Crippen molar-refractivity contribution in [3.63, 3.8) is 0 Å². The fourth-order valence-corrected chi connectivity index (χ4v) is 9.39. The molecule has 0 aliphatic heterocycles. The van der Waals surface area contributed by atoms with Crippen LogP contribution in [0.15, 0.2) is 48.6 Å². The number of allylic oxidation sites excluding steroid dienone is 2. The van der Waals surface area contributed by atoms with Crippen LogP contribution in [0.2, 0.25) is 0 Å². The van der Waals surface area contributed by atoms with Crippen molar-refractivity contribution >= 4 is 23.5 Å². The van der Waals surface area contributed by atoms with Gasteiger partial charge < -0.3 is 20.1 Å². The number of carbonyl (C=O) groups is 2. The van der Waals surface area contributed by atoms with Gasteiger partial charge in [-0.1, -0.05) is 140 Å². The van der Waals surface area contributed by atoms with Gasteiger partial charge in [0.15, 0.2) is 0 Å². The van der Waals surface area contributed by atoms with Crippen LogP contribution in [0, 0.1) is 17.3 Å². The minimum atomic E-state index is -0.905. The van der Waals surface area contributed by atoms with Crippen LogP contribution in [0.3, 0.4) is 0 Å². The van der Waals surface area contributed by atoms with Crippen LogP contribution in [0.4, 0.5) is 0 Å². The van der Waals surface area contributed by atoms with Crippen molar-refractivity contribution in [3.8, 4) is 0 Å². The van der Waals surface area contributed by atoms with Gasteiger partial charge in [0.1, 0.15) is 0 Å². The van der Waals surface area contributed by atoms with E-state index in [0.717, 1.165) is 64.2 Å². The van der Waals surface area contributed by atoms with E-state index in [1.807, 2.05) is 12.1 Å². The molecule has 2 saturated carbocycles. The van der Waals surface area contributed by atoms with Gasteiger partial charge in [-0.05, 0) is 106 Å². The van der Waals surface area contributed by atoms with Crippen molar-refractivity contribution in [3.05, 3.63) is 59.7 Å². The van der Waals surface area contributed by atoms with Crippen molar-refractivity contribution in [2.45, 2.75) is 204 Å². The predicted octanol–water partition coefficient (Wildman–Crippen LogP) is 12.9. The van der Waals surface area contributed by atoms with E-state index in [2.05, 4.69) is 38.2 Å². The van der Waals surface area contributed by atoms with Crippen molar-refractivity contribution in [2.24, 2.45) is 17.3 Å². The summed E-state index contributed by atoms with van der Waals surface area (Å²) in [5, 5.41) is 30.7. The van der Waals surface area contributed by atoms with Crippen LogP contribution < -0.4 is 0 Å². The fraction of sp³-hybridized carbons (Fsp3) is 0.750. The summed E-state index contributed by atoms with van der Waals surface area (Å²) in [6.45, 7) is 4.84. The second kappa shape index (κ2) is 27.5. The lowest BCUT2D eigenvalue weighted by molar-refractivity contribution is -0.143. The Labute approximate surface area is 339 Å². The molecule has 2 aliphatic carbocycles. The van der Waals surface area contributed by atoms with Crippen LogP contribution in [0.5, 0.6) is 0 Å². The maximum absolute atomic E-state index is 12.5. The molecule has 2 aliphatic rings. The number of aliphatic hydroxyl groups is 2. The Kier molecular flexibility index (Phi) is 23.6. The SMILES string of the molecule is CCCCCCCCCCCCCCCC(CCCOC(=O)CCCC=CCC1[C@H](Cl)C[C@@H](O)[C@@H]1C=CC[C@H](O)C1(CC)CCC1)c1ccc(C(=O)O)cc1. The molecule has 0 aromatic heterocycles. The number of unbranched alkanes of at least 4 members (excludes halogenated alkanes) is 13. The molecule has 55 heavy (non-hydrogen) atoms. The normalized spacial score (nSPS) is 21.9. The number of alkyl halides is 1. The van der Waals surface area contributed by atoms with Gasteiger partial charge in [0.2, 0.25) is 0 Å². The first-order valence-corrected chi connectivity index (χ1v) is 22.9. The standard InChI is InChI=1S/C48H77ClO6/c1-3-5-6-7-8-9-10-11-12-13-14-15-18-24-38(39-30-32-40(33-31-39)47(53)54)25-22-36-55-46(52)29-20-17-16-19-26-41-42(44(50)37-43(41)49)27-21-28-45(51)48(4-2)34-23-35-48/h16,19,21,27,30-33,38,41-45,50-51H,3-15,17-18,20,22-26,28-29,34-37H2,1-2H3,(H,53,54)/t38?,41?,42-,43-,44-,45+/m1/s1. The number of aromatic carboxylic acids is 1. The number of benzene rings is 1. The first-order valence-electron chi connectivity index (χ1n) is 22.5. The topological polar surface area (TPSA) is 104 Å². The molecule has 0 saturated heterocycles. The summed E-state index contributed by atoms with van der Waals surface area (Å²) < 4.78 is 5.61. The molecule has 3 N–H and O–H groups in total. The van der Waals surface area contributed by atoms with Gasteiger partial charge >= 0.3 is 11.9 Å². The van der Waals surface area contributed by atoms with Gasteiger partial charge in [-0.3, -0.25) is 4.79 Å². The van der Waals surface area contributed by atoms with E-state index in [4.69, 9.17) is 16.3 Å². The van der Waals surface area contributed by atoms with Gasteiger partial charge in [0, 0.05) is 17.7 Å². The maximum Gasteiger partial charge on any atom is 0.335 e. The molecule has 0 bridgehead atoms. The van der Waals surface area contributed by atoms with E-state index in [0.29, 0.717) is 37.4 Å². The number of aliphatic hydroxyl groups excluding tert-OH is 2. The number of hydrogen-bond acceptors (Lipinski definition) is 5. The Morgan fingerprint density at radius 1 is 0.855 bits per heavy atom. The Bertz CT molecular complexity index is 1230. The number of carboxylic acids is 1. The van der Waals surface area contributed by atoms with E-state index in [-0.39, 0.29) is 34.7 Å². The monoisotopic (exact) mass is 785 g/mol. The molecule has 0 amide bonds. The highest BCUT2D eigenvalue weighted by molar-refractivity contribution is 6.21. The van der Waals surface area contributed by atoms with Crippen LogP contribution >= 0.6 is 11.6 Å². The summed E-state index contributed by atoms with van der Waals surface area (Å²) >= 11 is 6.66. The number of esters is 1. The third-order valence-corrected chi connectivity index (χ3v) is 13.4. The first kappa shape index (κ1) is 47.2. The zero-order chi connectivity index (χ0) is 39.7. The third-order valence-electron chi connectivity index (χ3n) is 12.9. The van der Waals surface area contributed by atoms with Crippen molar-refractivity contribution in [2.75, 3.05) is 6.61 Å². The summed E-state index contributed by atoms with van der Waals surface area (Å²) in [5.41, 5.74) is 1.56. The number of hydrogen-bond donors (Lipinski definition) is 3. The van der Waals surface area contributed by atoms with Crippen LogP contribution in [-0.2, 0) is 9.53 Å². The lowest BCUT2D eigenvalue weighted by Crippen LogP contribution is -2.40. The van der Waals surface area contributed by atoms with Gasteiger partial charge in [-0.2, -0.15) is 0 Å². The molecule has 0 heterocycles. The molecule has 2 unspecified atom stereocenters. The van der Waals surface area contributed by atoms with E-state index in [1.165, 1.54) is 89.0 Å². The van der Waals surface area contributed by atoms with E-state index >= 15 is 0 Å². The number of rotatable bonds is 31. The molecule has 6 atom stereocenters. The maximum atomic E-state index is 12.5. The zero-order valence-electron chi connectivity index (χ0n) is 34.6. The first-order chi connectivity index (χ1) is 26.7. The summed E-state index contributed by atoms with van der Waals surface area (Å²) in [7, 11) is 0. The average Bonchev–Trinajstić information content (AvgIpc) is 3.42. The van der Waals surface area contributed by atoms with Gasteiger partial charge in [-0.25, -0.2) is 4.79 Å². The Morgan fingerprint density at radius 2 is 1.47 bits per heavy atom. The largest absolute Gasteiger partial charge is 0.478 e. The van der Waals surface area contributed by atoms with Crippen LogP contribution in [-0.4, -0.2) is 51.5 Å². The van der Waals surface area contributed by atoms with E-state index < -0.39 is 12.1 Å². The lowest BCUT2D eigenvalue weighted by atomic mass is 9.63. The molecule has 2 fully saturated rings. The highest BCUT2D eigenvalue weighted by Crippen LogP contribution is 2.48. The van der Waals surface area contributed by atoms with Crippen molar-refractivity contribution in [1.82, 2.24) is 0 Å². The molecule has 1 aromatic carbocycles. The van der Waals surface area contributed by atoms with Gasteiger partial charge in [0.05, 0.1) is 24.4 Å². The Morgan fingerprint density at radius 3 is 2.05 bits per heavy atom. The second-order valence-electron chi connectivity index (χ2n) is 16.9. The summed E-state index contributed by atoms with van der Waals surface area (Å²) in [4.78, 5) is 23.9. The lowest BCUT2D eigenvalue weighted by Gasteiger charge is -2.45. The number of carbonyl (C=O) groups excluding carboxylic acids is 1. The Hall–Kier alpha value is -2.15. The molecule has 7 heteroatoms. The smallest absolute Gasteiger partial charge is 0.335 e. The fourth-order valence-electron chi connectivity index (χ4n) is 8.94. The quantitative estimate of drug-likeness (QED) is 0.0300. The molecule has 3 rings (SSSR count). The summed E-state index contributed by atoms with van der Waals surface area (Å²) in [5.74, 6) is -0.594. The number of carboxylic acid groups (broad SMARTS) is 1. The summed E-state index contributed by atoms with van der Waals surface area (Å²) in [6, 6.07) is 7.32. The van der Waals surface area contributed by atoms with E-state index in [9.17, 15) is 24.9 Å². The molecular weight excluding hydrogens is 708 g/mol. The van der Waals surface area contributed by atoms with Crippen molar-refractivity contribution < 1.29 is 29.6 Å². The van der Waals surface area contributed by atoms with Gasteiger partial charge in [0.25, 0.3) is 0 Å². The Balaban J connectivity index is 1.30. The van der Waals surface area contributed by atoms with Crippen LogP contribution in [0.1, 0.15) is 203 Å². The molecular formula is C48H77ClO6. The van der Waals surface area contributed by atoms with E-state index in [1.54, 1.807) is 12.1 Å².